The van der Waals surface area contributed by atoms with Crippen LogP contribution in [-0.2, 0) is 14.8 Å². The second-order valence-electron chi connectivity index (χ2n) is 4.13. The van der Waals surface area contributed by atoms with Gasteiger partial charge in [0.1, 0.15) is 10.3 Å². The van der Waals surface area contributed by atoms with Crippen LogP contribution in [0.3, 0.4) is 0 Å². The van der Waals surface area contributed by atoms with Crippen molar-refractivity contribution in [2.45, 2.75) is 43.9 Å². The molecular formula is C11H17NO4S2. The SMILES string of the molecule is CCCC(NS(=O)(=O)c1sc(C)cc1C)C(=O)O. The van der Waals surface area contributed by atoms with E-state index in [-0.39, 0.29) is 10.6 Å². The fraction of sp³-hybridized carbons (Fsp3) is 0.545. The van der Waals surface area contributed by atoms with Crippen LogP contribution in [0, 0.1) is 13.8 Å². The molecule has 1 rings (SSSR count). The quantitative estimate of drug-likeness (QED) is 0.838. The van der Waals surface area contributed by atoms with Gasteiger partial charge >= 0.3 is 5.97 Å². The number of rotatable bonds is 6. The summed E-state index contributed by atoms with van der Waals surface area (Å²) in [6, 6.07) is 0.705. The molecule has 0 aliphatic carbocycles. The highest BCUT2D eigenvalue weighted by Crippen LogP contribution is 2.26. The zero-order chi connectivity index (χ0) is 13.9. The molecule has 0 amide bonds. The van der Waals surface area contributed by atoms with E-state index in [9.17, 15) is 13.2 Å². The third kappa shape index (κ3) is 3.54. The van der Waals surface area contributed by atoms with E-state index in [0.29, 0.717) is 12.0 Å². The molecule has 1 aromatic heterocycles. The summed E-state index contributed by atoms with van der Waals surface area (Å²) >= 11 is 1.15. The molecule has 18 heavy (non-hydrogen) atoms. The van der Waals surface area contributed by atoms with Gasteiger partial charge in [-0.05, 0) is 31.9 Å². The largest absolute Gasteiger partial charge is 0.480 e. The first kappa shape index (κ1) is 15.1. The minimum atomic E-state index is -3.75. The van der Waals surface area contributed by atoms with Gasteiger partial charge in [-0.2, -0.15) is 4.72 Å². The molecule has 1 aromatic rings. The van der Waals surface area contributed by atoms with E-state index in [1.54, 1.807) is 13.0 Å². The zero-order valence-electron chi connectivity index (χ0n) is 10.6. The lowest BCUT2D eigenvalue weighted by Crippen LogP contribution is -2.40. The third-order valence-electron chi connectivity index (χ3n) is 2.41. The first-order valence-corrected chi connectivity index (χ1v) is 7.90. The Balaban J connectivity index is 3.00. The van der Waals surface area contributed by atoms with E-state index in [1.165, 1.54) is 0 Å². The molecule has 1 unspecified atom stereocenters. The van der Waals surface area contributed by atoms with E-state index in [1.807, 2.05) is 13.8 Å². The van der Waals surface area contributed by atoms with Gasteiger partial charge in [-0.15, -0.1) is 11.3 Å². The number of carbonyl (C=O) groups is 1. The Morgan fingerprint density at radius 3 is 2.50 bits per heavy atom. The Kier molecular flexibility index (Phi) is 4.89. The van der Waals surface area contributed by atoms with Crippen LogP contribution in [0.25, 0.3) is 0 Å². The number of thiophene rings is 1. The Morgan fingerprint density at radius 2 is 2.11 bits per heavy atom. The summed E-state index contributed by atoms with van der Waals surface area (Å²) in [7, 11) is -3.75. The van der Waals surface area contributed by atoms with Crippen LogP contribution < -0.4 is 4.72 Å². The molecule has 5 nitrogen and oxygen atoms in total. The van der Waals surface area contributed by atoms with Crippen molar-refractivity contribution in [1.82, 2.24) is 4.72 Å². The van der Waals surface area contributed by atoms with E-state index in [2.05, 4.69) is 4.72 Å². The molecule has 7 heteroatoms. The maximum Gasteiger partial charge on any atom is 0.321 e. The molecular weight excluding hydrogens is 274 g/mol. The van der Waals surface area contributed by atoms with Crippen LogP contribution in [0.1, 0.15) is 30.2 Å². The standard InChI is InChI=1S/C11H17NO4S2/c1-4-5-9(10(13)14)12-18(15,16)11-7(2)6-8(3)17-11/h6,9,12H,4-5H2,1-3H3,(H,13,14). The van der Waals surface area contributed by atoms with E-state index in [4.69, 9.17) is 5.11 Å². The van der Waals surface area contributed by atoms with Crippen molar-refractivity contribution in [3.63, 3.8) is 0 Å². The molecule has 0 aliphatic rings. The zero-order valence-corrected chi connectivity index (χ0v) is 12.2. The van der Waals surface area contributed by atoms with Crippen molar-refractivity contribution in [2.75, 3.05) is 0 Å². The van der Waals surface area contributed by atoms with Crippen molar-refractivity contribution < 1.29 is 18.3 Å². The normalized spacial score (nSPS) is 13.5. The van der Waals surface area contributed by atoms with Gasteiger partial charge in [0.2, 0.25) is 0 Å². The van der Waals surface area contributed by atoms with Crippen LogP contribution in [0.2, 0.25) is 0 Å². The maximum atomic E-state index is 12.1. The lowest BCUT2D eigenvalue weighted by molar-refractivity contribution is -0.139. The summed E-state index contributed by atoms with van der Waals surface area (Å²) in [6.45, 7) is 5.33. The lowest BCUT2D eigenvalue weighted by Gasteiger charge is -2.13. The average molecular weight is 291 g/mol. The van der Waals surface area contributed by atoms with E-state index in [0.717, 1.165) is 16.2 Å². The highest BCUT2D eigenvalue weighted by molar-refractivity contribution is 7.91. The molecule has 0 fully saturated rings. The fourth-order valence-electron chi connectivity index (χ4n) is 1.65. The van der Waals surface area contributed by atoms with Crippen molar-refractivity contribution in [2.24, 2.45) is 0 Å². The molecule has 0 saturated heterocycles. The van der Waals surface area contributed by atoms with Gasteiger partial charge in [0.15, 0.2) is 0 Å². The summed E-state index contributed by atoms with van der Waals surface area (Å²) in [5, 5.41) is 8.97. The minimum absolute atomic E-state index is 0.197. The number of aryl methyl sites for hydroxylation is 2. The van der Waals surface area contributed by atoms with Crippen molar-refractivity contribution in [3.8, 4) is 0 Å². The first-order valence-electron chi connectivity index (χ1n) is 5.60. The Morgan fingerprint density at radius 1 is 1.50 bits per heavy atom. The van der Waals surface area contributed by atoms with Crippen LogP contribution in [0.5, 0.6) is 0 Å². The molecule has 0 saturated carbocycles. The highest BCUT2D eigenvalue weighted by Gasteiger charge is 2.26. The molecule has 1 heterocycles. The number of sulfonamides is 1. The number of carboxylic acid groups (broad SMARTS) is 1. The van der Waals surface area contributed by atoms with Crippen molar-refractivity contribution in [1.29, 1.82) is 0 Å². The van der Waals surface area contributed by atoms with Crippen LogP contribution in [-0.4, -0.2) is 25.5 Å². The smallest absolute Gasteiger partial charge is 0.321 e. The molecule has 0 aliphatic heterocycles. The molecule has 102 valence electrons. The van der Waals surface area contributed by atoms with Crippen LogP contribution >= 0.6 is 11.3 Å². The average Bonchev–Trinajstić information content (AvgIpc) is 2.57. The Bertz CT molecular complexity index is 533. The third-order valence-corrected chi connectivity index (χ3v) is 5.67. The molecule has 0 aromatic carbocycles. The number of nitrogens with one attached hydrogen (secondary N) is 1. The Labute approximate surface area is 111 Å². The molecule has 0 radical (unpaired) electrons. The number of hydrogen-bond donors (Lipinski definition) is 2. The predicted molar refractivity (Wildman–Crippen MR) is 70.4 cm³/mol. The van der Waals surface area contributed by atoms with Crippen LogP contribution in [0.4, 0.5) is 0 Å². The second-order valence-corrected chi connectivity index (χ2v) is 7.29. The van der Waals surface area contributed by atoms with Gasteiger partial charge in [-0.1, -0.05) is 13.3 Å². The monoisotopic (exact) mass is 291 g/mol. The van der Waals surface area contributed by atoms with Gasteiger partial charge in [-0.25, -0.2) is 8.42 Å². The first-order chi connectivity index (χ1) is 8.27. The molecule has 1 atom stereocenters. The summed E-state index contributed by atoms with van der Waals surface area (Å²) in [4.78, 5) is 11.8. The Hall–Kier alpha value is -0.920. The summed E-state index contributed by atoms with van der Waals surface area (Å²) in [6.07, 6.45) is 0.875. The maximum absolute atomic E-state index is 12.1. The van der Waals surface area contributed by atoms with Gasteiger partial charge in [0.05, 0.1) is 0 Å². The predicted octanol–water partition coefficient (Wildman–Crippen LogP) is 1.90. The minimum Gasteiger partial charge on any atom is -0.480 e. The lowest BCUT2D eigenvalue weighted by atomic mass is 10.2. The van der Waals surface area contributed by atoms with E-state index < -0.39 is 22.0 Å². The number of carboxylic acids is 1. The molecule has 0 bridgehead atoms. The van der Waals surface area contributed by atoms with Gasteiger partial charge in [-0.3, -0.25) is 4.79 Å². The summed E-state index contributed by atoms with van der Waals surface area (Å²) < 4.78 is 26.6. The van der Waals surface area contributed by atoms with Gasteiger partial charge in [0.25, 0.3) is 10.0 Å². The molecule has 0 spiro atoms. The van der Waals surface area contributed by atoms with Crippen molar-refractivity contribution >= 4 is 27.3 Å². The number of aliphatic carboxylic acids is 1. The van der Waals surface area contributed by atoms with E-state index >= 15 is 0 Å². The fourth-order valence-corrected chi connectivity index (χ4v) is 4.56. The second kappa shape index (κ2) is 5.81. The summed E-state index contributed by atoms with van der Waals surface area (Å²) in [5.41, 5.74) is 0.644. The van der Waals surface area contributed by atoms with Gasteiger partial charge in [0, 0.05) is 4.88 Å². The van der Waals surface area contributed by atoms with Gasteiger partial charge < -0.3 is 5.11 Å². The van der Waals surface area contributed by atoms with Crippen molar-refractivity contribution in [3.05, 3.63) is 16.5 Å². The topological polar surface area (TPSA) is 83.5 Å². The number of hydrogen-bond acceptors (Lipinski definition) is 4. The summed E-state index contributed by atoms with van der Waals surface area (Å²) in [5.74, 6) is -1.15. The molecule has 2 N–H and O–H groups in total. The highest BCUT2D eigenvalue weighted by atomic mass is 32.2. The van der Waals surface area contributed by atoms with Crippen LogP contribution in [0.15, 0.2) is 10.3 Å².